The number of amides is 1. The Kier molecular flexibility index (Phi) is 3.76. The Balaban J connectivity index is 3.62. The minimum Gasteiger partial charge on any atom is -0.369 e. The SMILES string of the molecule is CC/C=C(\C)CC(N)=O. The molecule has 0 saturated carbocycles. The van der Waals surface area contributed by atoms with Crippen LogP contribution in [0.3, 0.4) is 0 Å². The lowest BCUT2D eigenvalue weighted by Gasteiger charge is -1.93. The van der Waals surface area contributed by atoms with Crippen LogP contribution < -0.4 is 5.73 Å². The molecule has 0 aromatic rings. The Morgan fingerprint density at radius 3 is 2.56 bits per heavy atom. The molecule has 0 atom stereocenters. The topological polar surface area (TPSA) is 43.1 Å². The fourth-order valence-corrected chi connectivity index (χ4v) is 0.695. The van der Waals surface area contributed by atoms with E-state index in [-0.39, 0.29) is 5.91 Å². The van der Waals surface area contributed by atoms with Crippen LogP contribution in [-0.2, 0) is 4.79 Å². The number of rotatable bonds is 3. The molecule has 0 aliphatic rings. The summed E-state index contributed by atoms with van der Waals surface area (Å²) in [6.45, 7) is 3.94. The fourth-order valence-electron chi connectivity index (χ4n) is 0.695. The summed E-state index contributed by atoms with van der Waals surface area (Å²) in [6, 6.07) is 0. The lowest BCUT2D eigenvalue weighted by Crippen LogP contribution is -2.10. The number of nitrogens with two attached hydrogens (primary N) is 1. The van der Waals surface area contributed by atoms with E-state index < -0.39 is 0 Å². The molecule has 9 heavy (non-hydrogen) atoms. The van der Waals surface area contributed by atoms with Crippen molar-refractivity contribution >= 4 is 5.91 Å². The standard InChI is InChI=1S/C7H13NO/c1-3-4-6(2)5-7(8)9/h4H,3,5H2,1-2H3,(H2,8,9)/b6-4+. The van der Waals surface area contributed by atoms with Gasteiger partial charge in [-0.15, -0.1) is 0 Å². The third kappa shape index (κ3) is 5.07. The molecule has 52 valence electrons. The van der Waals surface area contributed by atoms with Crippen molar-refractivity contribution in [2.75, 3.05) is 0 Å². The Hall–Kier alpha value is -0.790. The maximum Gasteiger partial charge on any atom is 0.221 e. The Morgan fingerprint density at radius 1 is 1.67 bits per heavy atom. The molecule has 2 heteroatoms. The van der Waals surface area contributed by atoms with E-state index in [0.717, 1.165) is 12.0 Å². The number of hydrogen-bond donors (Lipinski definition) is 1. The van der Waals surface area contributed by atoms with Gasteiger partial charge in [0.1, 0.15) is 0 Å². The van der Waals surface area contributed by atoms with Crippen LogP contribution in [0.1, 0.15) is 26.7 Å². The van der Waals surface area contributed by atoms with Crippen LogP contribution >= 0.6 is 0 Å². The minimum absolute atomic E-state index is 0.253. The maximum absolute atomic E-state index is 10.3. The average Bonchev–Trinajstić information content (AvgIpc) is 1.63. The van der Waals surface area contributed by atoms with Gasteiger partial charge in [-0.3, -0.25) is 4.79 Å². The van der Waals surface area contributed by atoms with Crippen LogP contribution in [0.15, 0.2) is 11.6 Å². The number of hydrogen-bond acceptors (Lipinski definition) is 1. The van der Waals surface area contributed by atoms with Crippen molar-refractivity contribution in [1.29, 1.82) is 0 Å². The van der Waals surface area contributed by atoms with Gasteiger partial charge in [0.2, 0.25) is 5.91 Å². The summed E-state index contributed by atoms with van der Waals surface area (Å²) in [7, 11) is 0. The van der Waals surface area contributed by atoms with Gasteiger partial charge in [0, 0.05) is 6.42 Å². The first kappa shape index (κ1) is 8.21. The van der Waals surface area contributed by atoms with Gasteiger partial charge in [0.05, 0.1) is 0 Å². The van der Waals surface area contributed by atoms with Gasteiger partial charge in [-0.2, -0.15) is 0 Å². The third-order valence-electron chi connectivity index (χ3n) is 1.01. The predicted molar refractivity (Wildman–Crippen MR) is 37.9 cm³/mol. The second-order valence-electron chi connectivity index (χ2n) is 2.10. The summed E-state index contributed by atoms with van der Waals surface area (Å²) in [6.07, 6.45) is 3.37. The van der Waals surface area contributed by atoms with E-state index in [9.17, 15) is 4.79 Å². The summed E-state index contributed by atoms with van der Waals surface area (Å²) in [5.41, 5.74) is 6.00. The van der Waals surface area contributed by atoms with E-state index in [1.807, 2.05) is 19.9 Å². The molecular weight excluding hydrogens is 114 g/mol. The molecular formula is C7H13NO. The summed E-state index contributed by atoms with van der Waals surface area (Å²) in [5, 5.41) is 0. The molecule has 0 bridgehead atoms. The molecule has 1 amide bonds. The van der Waals surface area contributed by atoms with Gasteiger partial charge in [0.25, 0.3) is 0 Å². The lowest BCUT2D eigenvalue weighted by atomic mass is 10.2. The quantitative estimate of drug-likeness (QED) is 0.569. The van der Waals surface area contributed by atoms with Crippen molar-refractivity contribution in [3.8, 4) is 0 Å². The van der Waals surface area contributed by atoms with Crippen molar-refractivity contribution in [2.24, 2.45) is 5.73 Å². The summed E-state index contributed by atoms with van der Waals surface area (Å²) in [4.78, 5) is 10.3. The van der Waals surface area contributed by atoms with Crippen molar-refractivity contribution in [1.82, 2.24) is 0 Å². The fraction of sp³-hybridized carbons (Fsp3) is 0.571. The summed E-state index contributed by atoms with van der Waals surface area (Å²) in [5.74, 6) is -0.253. The van der Waals surface area contributed by atoms with Gasteiger partial charge in [-0.25, -0.2) is 0 Å². The highest BCUT2D eigenvalue weighted by Crippen LogP contribution is 1.98. The number of primary amides is 1. The third-order valence-corrected chi connectivity index (χ3v) is 1.01. The highest BCUT2D eigenvalue weighted by atomic mass is 16.1. The maximum atomic E-state index is 10.3. The first-order valence-corrected chi connectivity index (χ1v) is 3.10. The molecule has 0 unspecified atom stereocenters. The summed E-state index contributed by atoms with van der Waals surface area (Å²) < 4.78 is 0. The van der Waals surface area contributed by atoms with Crippen LogP contribution in [-0.4, -0.2) is 5.91 Å². The minimum atomic E-state index is -0.253. The molecule has 0 rings (SSSR count). The molecule has 0 spiro atoms. The highest BCUT2D eigenvalue weighted by molar-refractivity contribution is 5.76. The van der Waals surface area contributed by atoms with Gasteiger partial charge in [-0.05, 0) is 13.3 Å². The predicted octanol–water partition coefficient (Wildman–Crippen LogP) is 1.22. The Labute approximate surface area is 55.7 Å². The van der Waals surface area contributed by atoms with E-state index in [0.29, 0.717) is 6.42 Å². The lowest BCUT2D eigenvalue weighted by molar-refractivity contribution is -0.117. The van der Waals surface area contributed by atoms with Crippen molar-refractivity contribution in [2.45, 2.75) is 26.7 Å². The van der Waals surface area contributed by atoms with E-state index in [2.05, 4.69) is 0 Å². The zero-order valence-electron chi connectivity index (χ0n) is 5.98. The molecule has 0 fully saturated rings. The van der Waals surface area contributed by atoms with Crippen LogP contribution in [0.2, 0.25) is 0 Å². The molecule has 2 nitrogen and oxygen atoms in total. The molecule has 0 aromatic heterocycles. The largest absolute Gasteiger partial charge is 0.369 e. The van der Waals surface area contributed by atoms with Crippen molar-refractivity contribution in [3.05, 3.63) is 11.6 Å². The molecule has 0 radical (unpaired) electrons. The van der Waals surface area contributed by atoms with Gasteiger partial charge >= 0.3 is 0 Å². The second kappa shape index (κ2) is 4.13. The zero-order chi connectivity index (χ0) is 7.28. The highest BCUT2D eigenvalue weighted by Gasteiger charge is 1.93. The van der Waals surface area contributed by atoms with Crippen molar-refractivity contribution in [3.63, 3.8) is 0 Å². The zero-order valence-corrected chi connectivity index (χ0v) is 5.98. The first-order chi connectivity index (χ1) is 4.16. The van der Waals surface area contributed by atoms with Gasteiger partial charge in [-0.1, -0.05) is 18.6 Å². The number of carbonyl (C=O) groups is 1. The molecule has 2 N–H and O–H groups in total. The van der Waals surface area contributed by atoms with Crippen LogP contribution in [0, 0.1) is 0 Å². The Morgan fingerprint density at radius 2 is 2.22 bits per heavy atom. The van der Waals surface area contributed by atoms with E-state index in [1.165, 1.54) is 0 Å². The number of carbonyl (C=O) groups excluding carboxylic acids is 1. The molecule has 0 aliphatic heterocycles. The van der Waals surface area contributed by atoms with Crippen LogP contribution in [0.4, 0.5) is 0 Å². The normalized spacial score (nSPS) is 11.6. The molecule has 0 aromatic carbocycles. The smallest absolute Gasteiger partial charge is 0.221 e. The van der Waals surface area contributed by atoms with Crippen LogP contribution in [0.5, 0.6) is 0 Å². The molecule has 0 aliphatic carbocycles. The van der Waals surface area contributed by atoms with E-state index >= 15 is 0 Å². The number of allylic oxidation sites excluding steroid dienone is 1. The molecule has 0 heterocycles. The Bertz CT molecular complexity index is 127. The monoisotopic (exact) mass is 127 g/mol. The van der Waals surface area contributed by atoms with E-state index in [4.69, 9.17) is 5.73 Å². The first-order valence-electron chi connectivity index (χ1n) is 3.10. The average molecular weight is 127 g/mol. The second-order valence-corrected chi connectivity index (χ2v) is 2.10. The van der Waals surface area contributed by atoms with Crippen molar-refractivity contribution < 1.29 is 4.79 Å². The van der Waals surface area contributed by atoms with Gasteiger partial charge < -0.3 is 5.73 Å². The summed E-state index contributed by atoms with van der Waals surface area (Å²) >= 11 is 0. The molecule has 0 saturated heterocycles. The van der Waals surface area contributed by atoms with Crippen LogP contribution in [0.25, 0.3) is 0 Å². The van der Waals surface area contributed by atoms with Gasteiger partial charge in [0.15, 0.2) is 0 Å². The van der Waals surface area contributed by atoms with E-state index in [1.54, 1.807) is 0 Å².